The highest BCUT2D eigenvalue weighted by atomic mass is 32.1. The molecule has 2 rings (SSSR count). The van der Waals surface area contributed by atoms with Crippen molar-refractivity contribution < 1.29 is 0 Å². The first kappa shape index (κ1) is 14.0. The van der Waals surface area contributed by atoms with E-state index in [1.54, 1.807) is 11.3 Å². The topological polar surface area (TPSA) is 55.0 Å². The smallest absolute Gasteiger partial charge is 0.129 e. The zero-order chi connectivity index (χ0) is 13.8. The second-order valence-electron chi connectivity index (χ2n) is 4.60. The molecular formula is C14H20N4S. The highest BCUT2D eigenvalue weighted by Gasteiger charge is 2.08. The number of hydrogen-bond donors (Lipinski definition) is 1. The van der Waals surface area contributed by atoms with E-state index < -0.39 is 0 Å². The average Bonchev–Trinajstić information content (AvgIpc) is 2.83. The van der Waals surface area contributed by atoms with Crippen LogP contribution in [0.25, 0.3) is 0 Å². The molecule has 0 aromatic carbocycles. The number of hydrogen-bond acceptors (Lipinski definition) is 5. The Hall–Kier alpha value is -1.46. The maximum atomic E-state index is 5.74. The van der Waals surface area contributed by atoms with E-state index in [-0.39, 0.29) is 0 Å². The molecule has 0 atom stereocenters. The summed E-state index contributed by atoms with van der Waals surface area (Å²) >= 11 is 1.68. The van der Waals surface area contributed by atoms with Gasteiger partial charge in [0.15, 0.2) is 0 Å². The van der Waals surface area contributed by atoms with Crippen LogP contribution in [0.15, 0.2) is 17.5 Å². The Balaban J connectivity index is 2.20. The summed E-state index contributed by atoms with van der Waals surface area (Å²) < 4.78 is 0. The zero-order valence-corrected chi connectivity index (χ0v) is 12.5. The highest BCUT2D eigenvalue weighted by Crippen LogP contribution is 2.17. The molecule has 4 nitrogen and oxygen atoms in total. The molecule has 0 spiro atoms. The average molecular weight is 276 g/mol. The third-order valence-electron chi connectivity index (χ3n) is 2.98. The fraction of sp³-hybridized carbons (Fsp3) is 0.429. The van der Waals surface area contributed by atoms with Gasteiger partial charge in [-0.2, -0.15) is 0 Å². The van der Waals surface area contributed by atoms with Crippen molar-refractivity contribution in [3.8, 4) is 0 Å². The lowest BCUT2D eigenvalue weighted by molar-refractivity contribution is 0.854. The van der Waals surface area contributed by atoms with Gasteiger partial charge in [0, 0.05) is 24.7 Å². The Bertz CT molecular complexity index is 528. The number of pyridine rings is 1. The van der Waals surface area contributed by atoms with Gasteiger partial charge in [-0.15, -0.1) is 11.3 Å². The molecule has 19 heavy (non-hydrogen) atoms. The van der Waals surface area contributed by atoms with E-state index in [1.165, 1.54) is 0 Å². The SMILES string of the molecule is CCc1cc(CN)cc(N(C)Cc2csc(C)n2)n1. The van der Waals surface area contributed by atoms with Gasteiger partial charge in [0.1, 0.15) is 5.82 Å². The first-order valence-corrected chi connectivity index (χ1v) is 7.32. The molecule has 2 aromatic heterocycles. The number of anilines is 1. The lowest BCUT2D eigenvalue weighted by Crippen LogP contribution is -2.19. The molecule has 0 saturated heterocycles. The summed E-state index contributed by atoms with van der Waals surface area (Å²) in [5, 5.41) is 3.20. The van der Waals surface area contributed by atoms with Crippen molar-refractivity contribution in [2.75, 3.05) is 11.9 Å². The maximum absolute atomic E-state index is 5.74. The van der Waals surface area contributed by atoms with Gasteiger partial charge in [-0.3, -0.25) is 0 Å². The molecule has 0 aliphatic rings. The Morgan fingerprint density at radius 1 is 1.26 bits per heavy atom. The molecule has 0 aliphatic carbocycles. The summed E-state index contributed by atoms with van der Waals surface area (Å²) in [5.74, 6) is 0.963. The van der Waals surface area contributed by atoms with Crippen LogP contribution in [0.5, 0.6) is 0 Å². The first-order chi connectivity index (χ1) is 9.12. The monoisotopic (exact) mass is 276 g/mol. The predicted octanol–water partition coefficient (Wildman–Crippen LogP) is 2.50. The fourth-order valence-electron chi connectivity index (χ4n) is 1.93. The van der Waals surface area contributed by atoms with Gasteiger partial charge in [-0.1, -0.05) is 6.92 Å². The van der Waals surface area contributed by atoms with Gasteiger partial charge in [0.2, 0.25) is 0 Å². The van der Waals surface area contributed by atoms with Crippen molar-refractivity contribution in [1.29, 1.82) is 0 Å². The molecule has 0 unspecified atom stereocenters. The summed E-state index contributed by atoms with van der Waals surface area (Å²) in [4.78, 5) is 11.3. The van der Waals surface area contributed by atoms with Crippen LogP contribution in [0.1, 0.15) is 28.9 Å². The van der Waals surface area contributed by atoms with Crippen molar-refractivity contribution in [1.82, 2.24) is 9.97 Å². The lowest BCUT2D eigenvalue weighted by atomic mass is 10.2. The molecule has 5 heteroatoms. The molecule has 0 fully saturated rings. The molecule has 2 N–H and O–H groups in total. The highest BCUT2D eigenvalue weighted by molar-refractivity contribution is 7.09. The summed E-state index contributed by atoms with van der Waals surface area (Å²) in [6, 6.07) is 4.13. The number of aryl methyl sites for hydroxylation is 2. The van der Waals surface area contributed by atoms with Crippen molar-refractivity contribution in [2.45, 2.75) is 33.4 Å². The number of thiazole rings is 1. The lowest BCUT2D eigenvalue weighted by Gasteiger charge is -2.18. The minimum absolute atomic E-state index is 0.548. The zero-order valence-electron chi connectivity index (χ0n) is 11.7. The van der Waals surface area contributed by atoms with Crippen molar-refractivity contribution >= 4 is 17.2 Å². The third kappa shape index (κ3) is 3.52. The van der Waals surface area contributed by atoms with Crippen molar-refractivity contribution in [3.63, 3.8) is 0 Å². The Morgan fingerprint density at radius 3 is 2.63 bits per heavy atom. The van der Waals surface area contributed by atoms with E-state index >= 15 is 0 Å². The summed E-state index contributed by atoms with van der Waals surface area (Å²) in [7, 11) is 2.04. The normalized spacial score (nSPS) is 10.7. The van der Waals surface area contributed by atoms with Crippen LogP contribution in [0.4, 0.5) is 5.82 Å². The van der Waals surface area contributed by atoms with E-state index in [9.17, 15) is 0 Å². The van der Waals surface area contributed by atoms with Gasteiger partial charge in [-0.05, 0) is 31.0 Å². The summed E-state index contributed by atoms with van der Waals surface area (Å²) in [6.07, 6.45) is 0.921. The maximum Gasteiger partial charge on any atom is 0.129 e. The van der Waals surface area contributed by atoms with Crippen LogP contribution >= 0.6 is 11.3 Å². The van der Waals surface area contributed by atoms with E-state index in [4.69, 9.17) is 5.73 Å². The molecular weight excluding hydrogens is 256 g/mol. The molecule has 102 valence electrons. The number of nitrogens with zero attached hydrogens (tertiary/aromatic N) is 3. The minimum Gasteiger partial charge on any atom is -0.354 e. The Morgan fingerprint density at radius 2 is 2.05 bits per heavy atom. The molecule has 0 aliphatic heterocycles. The minimum atomic E-state index is 0.548. The number of rotatable bonds is 5. The number of aromatic nitrogens is 2. The van der Waals surface area contributed by atoms with Crippen LogP contribution in [-0.4, -0.2) is 17.0 Å². The molecule has 2 aromatic rings. The van der Waals surface area contributed by atoms with Crippen LogP contribution in [0, 0.1) is 6.92 Å². The molecule has 0 saturated carbocycles. The second-order valence-corrected chi connectivity index (χ2v) is 5.66. The summed E-state index contributed by atoms with van der Waals surface area (Å²) in [5.41, 5.74) is 9.04. The van der Waals surface area contributed by atoms with Crippen LogP contribution in [-0.2, 0) is 19.5 Å². The third-order valence-corrected chi connectivity index (χ3v) is 3.80. The van der Waals surface area contributed by atoms with Gasteiger partial charge in [0.05, 0.1) is 17.2 Å². The second kappa shape index (κ2) is 6.12. The van der Waals surface area contributed by atoms with Crippen LogP contribution in [0.3, 0.4) is 0 Å². The van der Waals surface area contributed by atoms with Gasteiger partial charge >= 0.3 is 0 Å². The summed E-state index contributed by atoms with van der Waals surface area (Å²) in [6.45, 7) is 5.45. The quantitative estimate of drug-likeness (QED) is 0.911. The van der Waals surface area contributed by atoms with Crippen LogP contribution < -0.4 is 10.6 Å². The van der Waals surface area contributed by atoms with E-state index in [1.807, 2.05) is 14.0 Å². The van der Waals surface area contributed by atoms with Gasteiger partial charge in [0.25, 0.3) is 0 Å². The Kier molecular flexibility index (Phi) is 4.50. The molecule has 2 heterocycles. The van der Waals surface area contributed by atoms with E-state index in [0.29, 0.717) is 6.54 Å². The molecule has 0 amide bonds. The largest absolute Gasteiger partial charge is 0.354 e. The Labute approximate surface area is 118 Å². The standard InChI is InChI=1S/C14H20N4S/c1-4-12-5-11(7-15)6-14(17-12)18(3)8-13-9-19-10(2)16-13/h5-6,9H,4,7-8,15H2,1-3H3. The van der Waals surface area contributed by atoms with Crippen LogP contribution in [0.2, 0.25) is 0 Å². The predicted molar refractivity (Wildman–Crippen MR) is 80.5 cm³/mol. The van der Waals surface area contributed by atoms with Gasteiger partial charge < -0.3 is 10.6 Å². The molecule has 0 bridgehead atoms. The fourth-order valence-corrected chi connectivity index (χ4v) is 2.54. The van der Waals surface area contributed by atoms with Crippen molar-refractivity contribution in [3.05, 3.63) is 39.5 Å². The first-order valence-electron chi connectivity index (χ1n) is 6.44. The van der Waals surface area contributed by atoms with E-state index in [0.717, 1.165) is 40.7 Å². The molecule has 0 radical (unpaired) electrons. The number of nitrogens with two attached hydrogens (primary N) is 1. The van der Waals surface area contributed by atoms with Crippen molar-refractivity contribution in [2.24, 2.45) is 5.73 Å². The van der Waals surface area contributed by atoms with E-state index in [2.05, 4.69) is 39.3 Å². The van der Waals surface area contributed by atoms with Gasteiger partial charge in [-0.25, -0.2) is 9.97 Å².